The average Bonchev–Trinajstić information content (AvgIpc) is 3.42. The lowest BCUT2D eigenvalue weighted by Gasteiger charge is -2.22. The van der Waals surface area contributed by atoms with Crippen molar-refractivity contribution in [3.05, 3.63) is 102 Å². The molecule has 2 heterocycles. The van der Waals surface area contributed by atoms with Gasteiger partial charge in [0.15, 0.2) is 0 Å². The maximum absolute atomic E-state index is 14.6. The van der Waals surface area contributed by atoms with E-state index < -0.39 is 40.1 Å². The SMILES string of the molecule is O=C(c1ccccc1)n1c(=O)c(I)cn(CCCN2C[C@@H]3C[C@]3(c3ccc(C(F)(F)F)cc3F)C2)c1=O. The van der Waals surface area contributed by atoms with Crippen LogP contribution in [0.5, 0.6) is 0 Å². The quantitative estimate of drug-likeness (QED) is 0.305. The minimum Gasteiger partial charge on any atom is -0.302 e. The molecule has 5 rings (SSSR count). The predicted molar refractivity (Wildman–Crippen MR) is 136 cm³/mol. The third kappa shape index (κ3) is 4.78. The zero-order valence-corrected chi connectivity index (χ0v) is 21.6. The van der Waals surface area contributed by atoms with Crippen molar-refractivity contribution in [1.82, 2.24) is 14.0 Å². The Morgan fingerprint density at radius 1 is 1.08 bits per heavy atom. The molecule has 6 nitrogen and oxygen atoms in total. The number of carbonyl (C=O) groups excluding carboxylic acids is 1. The van der Waals surface area contributed by atoms with Gasteiger partial charge in [0.25, 0.3) is 11.5 Å². The topological polar surface area (TPSA) is 64.3 Å². The van der Waals surface area contributed by atoms with Crippen LogP contribution in [0.1, 0.15) is 34.3 Å². The number of likely N-dealkylation sites (tertiary alicyclic amines) is 1. The second-order valence-electron chi connectivity index (χ2n) is 9.60. The largest absolute Gasteiger partial charge is 0.416 e. The van der Waals surface area contributed by atoms with E-state index in [1.54, 1.807) is 40.8 Å². The lowest BCUT2D eigenvalue weighted by molar-refractivity contribution is -0.137. The first-order chi connectivity index (χ1) is 17.5. The van der Waals surface area contributed by atoms with Gasteiger partial charge in [0.1, 0.15) is 5.82 Å². The van der Waals surface area contributed by atoms with Gasteiger partial charge in [0.2, 0.25) is 0 Å². The Morgan fingerprint density at radius 2 is 1.81 bits per heavy atom. The third-order valence-electron chi connectivity index (χ3n) is 7.26. The number of rotatable bonds is 6. The van der Waals surface area contributed by atoms with Crippen LogP contribution in [-0.4, -0.2) is 39.6 Å². The Balaban J connectivity index is 1.27. The van der Waals surface area contributed by atoms with E-state index in [4.69, 9.17) is 0 Å². The Morgan fingerprint density at radius 3 is 2.49 bits per heavy atom. The number of aromatic nitrogens is 2. The van der Waals surface area contributed by atoms with Crippen molar-refractivity contribution >= 4 is 28.5 Å². The molecule has 0 radical (unpaired) electrons. The highest BCUT2D eigenvalue weighted by atomic mass is 127. The van der Waals surface area contributed by atoms with E-state index in [1.807, 2.05) is 0 Å². The standard InChI is InChI=1S/C26H22F4IN3O3/c27-20-11-17(26(28,29)30)7-8-19(20)25-12-18(25)13-32(15-25)9-4-10-33-14-21(31)23(36)34(24(33)37)22(35)16-5-2-1-3-6-16/h1-3,5-8,11,14,18H,4,9-10,12-13,15H2/t18-,25-/m0/s1. The van der Waals surface area contributed by atoms with Crippen LogP contribution in [0, 0.1) is 15.3 Å². The number of carbonyl (C=O) groups is 1. The van der Waals surface area contributed by atoms with E-state index in [0.29, 0.717) is 42.3 Å². The summed E-state index contributed by atoms with van der Waals surface area (Å²) >= 11 is 1.80. The number of aryl methyl sites for hydroxylation is 1. The molecule has 3 aromatic rings. The van der Waals surface area contributed by atoms with E-state index in [2.05, 4.69) is 4.90 Å². The fourth-order valence-electron chi connectivity index (χ4n) is 5.35. The van der Waals surface area contributed by atoms with Crippen molar-refractivity contribution in [3.8, 4) is 0 Å². The van der Waals surface area contributed by atoms with Gasteiger partial charge >= 0.3 is 11.9 Å². The van der Waals surface area contributed by atoms with Crippen LogP contribution in [0.2, 0.25) is 0 Å². The molecule has 2 aromatic carbocycles. The smallest absolute Gasteiger partial charge is 0.302 e. The van der Waals surface area contributed by atoms with Gasteiger partial charge in [-0.1, -0.05) is 24.3 Å². The summed E-state index contributed by atoms with van der Waals surface area (Å²) in [6, 6.07) is 10.9. The molecule has 1 aromatic heterocycles. The summed E-state index contributed by atoms with van der Waals surface area (Å²) < 4.78 is 55.6. The van der Waals surface area contributed by atoms with E-state index in [0.717, 1.165) is 12.5 Å². The molecule has 0 spiro atoms. The highest BCUT2D eigenvalue weighted by Crippen LogP contribution is 2.59. The number of hydrogen-bond donors (Lipinski definition) is 0. The minimum absolute atomic E-state index is 0.174. The Bertz CT molecular complexity index is 1490. The number of alkyl halides is 3. The molecule has 0 unspecified atom stereocenters. The summed E-state index contributed by atoms with van der Waals surface area (Å²) in [5.74, 6) is -1.35. The van der Waals surface area contributed by atoms with Crippen molar-refractivity contribution in [2.45, 2.75) is 31.0 Å². The predicted octanol–water partition coefficient (Wildman–Crippen LogP) is 4.12. The van der Waals surface area contributed by atoms with Crippen molar-refractivity contribution in [2.75, 3.05) is 19.6 Å². The Kier molecular flexibility index (Phi) is 6.63. The summed E-state index contributed by atoms with van der Waals surface area (Å²) in [6.07, 6.45) is -1.89. The van der Waals surface area contributed by atoms with Crippen molar-refractivity contribution in [1.29, 1.82) is 0 Å². The molecule has 0 bridgehead atoms. The molecule has 0 amide bonds. The number of halogens is 5. The van der Waals surface area contributed by atoms with Gasteiger partial charge in [-0.3, -0.25) is 14.2 Å². The molecule has 2 fully saturated rings. The molecule has 1 aliphatic carbocycles. The van der Waals surface area contributed by atoms with Crippen LogP contribution in [0.25, 0.3) is 0 Å². The van der Waals surface area contributed by atoms with Gasteiger partial charge < -0.3 is 4.90 Å². The molecule has 194 valence electrons. The number of benzene rings is 2. The number of piperidine rings is 1. The van der Waals surface area contributed by atoms with Gasteiger partial charge in [0, 0.05) is 36.8 Å². The fourth-order valence-corrected chi connectivity index (χ4v) is 5.93. The van der Waals surface area contributed by atoms with Crippen LogP contribution in [-0.2, 0) is 18.1 Å². The number of nitrogens with zero attached hydrogens (tertiary/aromatic N) is 3. The van der Waals surface area contributed by atoms with Crippen LogP contribution < -0.4 is 11.2 Å². The van der Waals surface area contributed by atoms with Gasteiger partial charge in [-0.05, 0) is 77.7 Å². The van der Waals surface area contributed by atoms with Crippen LogP contribution in [0.3, 0.4) is 0 Å². The third-order valence-corrected chi connectivity index (χ3v) is 8.00. The van der Waals surface area contributed by atoms with E-state index in [9.17, 15) is 31.9 Å². The van der Waals surface area contributed by atoms with E-state index in [1.165, 1.54) is 29.0 Å². The summed E-state index contributed by atoms with van der Waals surface area (Å²) in [5.41, 5.74) is -2.31. The summed E-state index contributed by atoms with van der Waals surface area (Å²) in [7, 11) is 0. The Labute approximate surface area is 222 Å². The zero-order chi connectivity index (χ0) is 26.5. The Hall–Kier alpha value is -2.80. The highest BCUT2D eigenvalue weighted by molar-refractivity contribution is 14.1. The van der Waals surface area contributed by atoms with Gasteiger partial charge in [-0.25, -0.2) is 9.18 Å². The molecule has 37 heavy (non-hydrogen) atoms. The second-order valence-corrected chi connectivity index (χ2v) is 10.8. The first-order valence-corrected chi connectivity index (χ1v) is 12.8. The van der Waals surface area contributed by atoms with Crippen LogP contribution in [0.4, 0.5) is 17.6 Å². The molecule has 11 heteroatoms. The van der Waals surface area contributed by atoms with Crippen LogP contribution in [0.15, 0.2) is 64.3 Å². The monoisotopic (exact) mass is 627 g/mol. The molecule has 2 atom stereocenters. The number of hydrogen-bond acceptors (Lipinski definition) is 4. The highest BCUT2D eigenvalue weighted by Gasteiger charge is 2.61. The second kappa shape index (κ2) is 9.50. The normalized spacial score (nSPS) is 21.2. The summed E-state index contributed by atoms with van der Waals surface area (Å²) in [5, 5.41) is 0. The maximum Gasteiger partial charge on any atom is 0.416 e. The lowest BCUT2D eigenvalue weighted by atomic mass is 9.93. The van der Waals surface area contributed by atoms with Gasteiger partial charge in [-0.15, -0.1) is 0 Å². The van der Waals surface area contributed by atoms with Crippen LogP contribution >= 0.6 is 22.6 Å². The number of fused-ring (bicyclic) bond motifs is 1. The molecule has 0 N–H and O–H groups in total. The molecular formula is C26H22F4IN3O3. The van der Waals surface area contributed by atoms with Gasteiger partial charge in [0.05, 0.1) is 9.13 Å². The molecular weight excluding hydrogens is 605 g/mol. The first-order valence-electron chi connectivity index (χ1n) is 11.7. The van der Waals surface area contributed by atoms with Crippen molar-refractivity contribution in [3.63, 3.8) is 0 Å². The molecule has 1 saturated carbocycles. The average molecular weight is 627 g/mol. The van der Waals surface area contributed by atoms with Gasteiger partial charge in [-0.2, -0.15) is 17.7 Å². The van der Waals surface area contributed by atoms with E-state index >= 15 is 0 Å². The first kappa shape index (κ1) is 25.8. The zero-order valence-electron chi connectivity index (χ0n) is 19.5. The van der Waals surface area contributed by atoms with Crippen molar-refractivity contribution < 1.29 is 22.4 Å². The molecule has 2 aliphatic rings. The molecule has 1 aliphatic heterocycles. The maximum atomic E-state index is 14.6. The summed E-state index contributed by atoms with van der Waals surface area (Å²) in [4.78, 5) is 40.5. The molecule has 1 saturated heterocycles. The van der Waals surface area contributed by atoms with Crippen molar-refractivity contribution in [2.24, 2.45) is 5.92 Å². The minimum atomic E-state index is -4.59. The summed E-state index contributed by atoms with van der Waals surface area (Å²) in [6.45, 7) is 2.06. The fraction of sp³-hybridized carbons (Fsp3) is 0.346. The van der Waals surface area contributed by atoms with E-state index in [-0.39, 0.29) is 21.6 Å². The lowest BCUT2D eigenvalue weighted by Crippen LogP contribution is -2.45.